The van der Waals surface area contributed by atoms with Gasteiger partial charge in [0.2, 0.25) is 0 Å². The Morgan fingerprint density at radius 1 is 1.24 bits per heavy atom. The second kappa shape index (κ2) is 9.57. The van der Waals surface area contributed by atoms with Crippen LogP contribution >= 0.6 is 0 Å². The zero-order valence-electron chi connectivity index (χ0n) is 15.4. The van der Waals surface area contributed by atoms with Crippen LogP contribution in [-0.2, 0) is 13.0 Å². The van der Waals surface area contributed by atoms with Crippen molar-refractivity contribution in [3.05, 3.63) is 66.6 Å². The van der Waals surface area contributed by atoms with Gasteiger partial charge >= 0.3 is 0 Å². The van der Waals surface area contributed by atoms with Gasteiger partial charge in [0.1, 0.15) is 5.76 Å². The Kier molecular flexibility index (Phi) is 7.14. The van der Waals surface area contributed by atoms with Gasteiger partial charge in [0.15, 0.2) is 5.96 Å². The lowest BCUT2D eigenvalue weighted by Crippen LogP contribution is -2.38. The van der Waals surface area contributed by atoms with Gasteiger partial charge in [-0.25, -0.2) is 0 Å². The van der Waals surface area contributed by atoms with E-state index >= 15 is 0 Å². The fraction of sp³-hybridized carbons (Fsp3) is 0.350. The van der Waals surface area contributed by atoms with Gasteiger partial charge in [-0.1, -0.05) is 18.2 Å². The Morgan fingerprint density at radius 3 is 2.76 bits per heavy atom. The maximum atomic E-state index is 5.36. The monoisotopic (exact) mass is 340 g/mol. The molecule has 0 fully saturated rings. The third kappa shape index (κ3) is 6.03. The molecule has 0 saturated carbocycles. The summed E-state index contributed by atoms with van der Waals surface area (Å²) in [6.45, 7) is 5.91. The third-order valence-electron chi connectivity index (χ3n) is 3.81. The first-order valence-electron chi connectivity index (χ1n) is 8.49. The van der Waals surface area contributed by atoms with E-state index in [2.05, 4.69) is 60.1 Å². The summed E-state index contributed by atoms with van der Waals surface area (Å²) >= 11 is 0. The summed E-state index contributed by atoms with van der Waals surface area (Å²) in [5.74, 6) is 1.81. The van der Waals surface area contributed by atoms with Crippen molar-refractivity contribution in [1.29, 1.82) is 0 Å². The molecule has 5 nitrogen and oxygen atoms in total. The summed E-state index contributed by atoms with van der Waals surface area (Å²) in [5.41, 5.74) is 2.44. The van der Waals surface area contributed by atoms with Crippen molar-refractivity contribution in [2.45, 2.75) is 13.0 Å². The second-order valence-corrected chi connectivity index (χ2v) is 6.12. The van der Waals surface area contributed by atoms with Gasteiger partial charge in [0.05, 0.1) is 6.26 Å². The van der Waals surface area contributed by atoms with Gasteiger partial charge in [-0.3, -0.25) is 4.99 Å². The molecule has 0 saturated heterocycles. The van der Waals surface area contributed by atoms with E-state index in [0.717, 1.165) is 24.7 Å². The molecule has 5 heteroatoms. The molecule has 0 atom stereocenters. The minimum absolute atomic E-state index is 0.676. The molecule has 134 valence electrons. The number of guanidine groups is 1. The molecule has 1 aromatic heterocycles. The predicted molar refractivity (Wildman–Crippen MR) is 105 cm³/mol. The van der Waals surface area contributed by atoms with E-state index in [4.69, 9.17) is 9.41 Å². The van der Waals surface area contributed by atoms with Crippen molar-refractivity contribution < 1.29 is 4.42 Å². The Bertz CT molecular complexity index is 677. The van der Waals surface area contributed by atoms with Crippen LogP contribution in [0.2, 0.25) is 0 Å². The maximum absolute atomic E-state index is 5.36. The molecular weight excluding hydrogens is 312 g/mol. The Hall–Kier alpha value is -2.69. The fourth-order valence-corrected chi connectivity index (χ4v) is 2.48. The summed E-state index contributed by atoms with van der Waals surface area (Å²) in [5, 5.41) is 3.32. The number of hydrogen-bond acceptors (Lipinski definition) is 3. The van der Waals surface area contributed by atoms with Gasteiger partial charge in [-0.05, 0) is 29.8 Å². The van der Waals surface area contributed by atoms with E-state index in [1.165, 1.54) is 11.3 Å². The third-order valence-corrected chi connectivity index (χ3v) is 3.81. The minimum Gasteiger partial charge on any atom is -0.469 e. The highest BCUT2D eigenvalue weighted by molar-refractivity contribution is 5.79. The van der Waals surface area contributed by atoms with Crippen LogP contribution in [0, 0.1) is 0 Å². The zero-order valence-corrected chi connectivity index (χ0v) is 15.4. The van der Waals surface area contributed by atoms with Crippen LogP contribution in [0.4, 0.5) is 5.69 Å². The molecule has 1 aromatic carbocycles. The number of benzene rings is 1. The van der Waals surface area contributed by atoms with Crippen LogP contribution in [0.5, 0.6) is 0 Å². The lowest BCUT2D eigenvalue weighted by molar-refractivity contribution is 0.476. The lowest BCUT2D eigenvalue weighted by Gasteiger charge is -2.23. The summed E-state index contributed by atoms with van der Waals surface area (Å²) in [6.07, 6.45) is 4.32. The quantitative estimate of drug-likeness (QED) is 0.455. The normalized spacial score (nSPS) is 11.2. The molecule has 1 N–H and O–H groups in total. The van der Waals surface area contributed by atoms with E-state index in [1.807, 2.05) is 25.3 Å². The number of nitrogens with zero attached hydrogens (tertiary/aromatic N) is 3. The molecule has 0 radical (unpaired) electrons. The molecule has 2 aromatic rings. The Morgan fingerprint density at radius 2 is 2.08 bits per heavy atom. The van der Waals surface area contributed by atoms with Crippen molar-refractivity contribution >= 4 is 11.6 Å². The van der Waals surface area contributed by atoms with Crippen molar-refractivity contribution in [2.24, 2.45) is 4.99 Å². The van der Waals surface area contributed by atoms with Crippen LogP contribution in [0.1, 0.15) is 11.3 Å². The number of furan rings is 1. The van der Waals surface area contributed by atoms with Gasteiger partial charge in [0, 0.05) is 52.9 Å². The van der Waals surface area contributed by atoms with Crippen molar-refractivity contribution in [1.82, 2.24) is 10.2 Å². The SMILES string of the molecule is C=CCNC(=NCCc1ccco1)N(C)Cc1cccc(N(C)C)c1. The first kappa shape index (κ1) is 18.6. The van der Waals surface area contributed by atoms with Crippen LogP contribution in [-0.4, -0.2) is 45.1 Å². The smallest absolute Gasteiger partial charge is 0.194 e. The number of nitrogens with one attached hydrogen (secondary N) is 1. The molecule has 0 unspecified atom stereocenters. The molecule has 0 bridgehead atoms. The Labute approximate surface area is 150 Å². The topological polar surface area (TPSA) is 44.0 Å². The van der Waals surface area contributed by atoms with Gasteiger partial charge < -0.3 is 19.5 Å². The van der Waals surface area contributed by atoms with Crippen molar-refractivity contribution in [3.8, 4) is 0 Å². The molecule has 1 heterocycles. The standard InChI is InChI=1S/C20H28N4O/c1-5-12-21-20(22-13-11-19-10-7-14-25-19)24(4)16-17-8-6-9-18(15-17)23(2)3/h5-10,14-15H,1,11-13,16H2,2-4H3,(H,21,22). The molecule has 0 spiro atoms. The van der Waals surface area contributed by atoms with E-state index in [9.17, 15) is 0 Å². The van der Waals surface area contributed by atoms with Crippen molar-refractivity contribution in [3.63, 3.8) is 0 Å². The van der Waals surface area contributed by atoms with Crippen molar-refractivity contribution in [2.75, 3.05) is 39.1 Å². The minimum atomic E-state index is 0.676. The van der Waals surface area contributed by atoms with Crippen LogP contribution < -0.4 is 10.2 Å². The highest BCUT2D eigenvalue weighted by atomic mass is 16.3. The largest absolute Gasteiger partial charge is 0.469 e. The van der Waals surface area contributed by atoms with Crippen LogP contribution in [0.15, 0.2) is 64.7 Å². The van der Waals surface area contributed by atoms with Gasteiger partial charge in [0.25, 0.3) is 0 Å². The van der Waals surface area contributed by atoms with E-state index < -0.39 is 0 Å². The summed E-state index contributed by atoms with van der Waals surface area (Å²) in [4.78, 5) is 8.94. The second-order valence-electron chi connectivity index (χ2n) is 6.12. The number of anilines is 1. The summed E-state index contributed by atoms with van der Waals surface area (Å²) in [6, 6.07) is 12.4. The summed E-state index contributed by atoms with van der Waals surface area (Å²) in [7, 11) is 6.15. The maximum Gasteiger partial charge on any atom is 0.194 e. The van der Waals surface area contributed by atoms with Gasteiger partial charge in [-0.15, -0.1) is 6.58 Å². The number of hydrogen-bond donors (Lipinski definition) is 1. The molecule has 25 heavy (non-hydrogen) atoms. The van der Waals surface area contributed by atoms with E-state index in [-0.39, 0.29) is 0 Å². The van der Waals surface area contributed by atoms with Crippen LogP contribution in [0.25, 0.3) is 0 Å². The molecule has 0 amide bonds. The molecule has 0 aliphatic heterocycles. The average Bonchev–Trinajstić information content (AvgIpc) is 3.11. The van der Waals surface area contributed by atoms with Gasteiger partial charge in [-0.2, -0.15) is 0 Å². The lowest BCUT2D eigenvalue weighted by atomic mass is 10.2. The fourth-order valence-electron chi connectivity index (χ4n) is 2.48. The van der Waals surface area contributed by atoms with Crippen LogP contribution in [0.3, 0.4) is 0 Å². The summed E-state index contributed by atoms with van der Waals surface area (Å²) < 4.78 is 5.36. The van der Waals surface area contributed by atoms with E-state index in [1.54, 1.807) is 6.26 Å². The first-order valence-corrected chi connectivity index (χ1v) is 8.49. The predicted octanol–water partition coefficient (Wildman–Crippen LogP) is 3.15. The highest BCUT2D eigenvalue weighted by Gasteiger charge is 2.08. The zero-order chi connectivity index (χ0) is 18.1. The average molecular weight is 340 g/mol. The molecule has 0 aliphatic rings. The number of rotatable bonds is 8. The highest BCUT2D eigenvalue weighted by Crippen LogP contribution is 2.14. The number of aliphatic imine (C=N–C) groups is 1. The Balaban J connectivity index is 2.02. The van der Waals surface area contributed by atoms with E-state index in [0.29, 0.717) is 13.1 Å². The first-order chi connectivity index (χ1) is 12.1. The molecule has 2 rings (SSSR count). The molecular formula is C20H28N4O. The molecule has 0 aliphatic carbocycles.